The number of hydrogen-bond donors (Lipinski definition) is 1. The van der Waals surface area contributed by atoms with Crippen molar-refractivity contribution in [3.05, 3.63) is 69.4 Å². The Morgan fingerprint density at radius 1 is 1.15 bits per heavy atom. The molecule has 1 aromatic carbocycles. The molecule has 2 aromatic heterocycles. The molecule has 0 unspecified atom stereocenters. The number of hydrogen-bond acceptors (Lipinski definition) is 3. The predicted octanol–water partition coefficient (Wildman–Crippen LogP) is 2.00. The van der Waals surface area contributed by atoms with Gasteiger partial charge in [-0.25, -0.2) is 4.52 Å². The van der Waals surface area contributed by atoms with Gasteiger partial charge in [-0.15, -0.1) is 0 Å². The van der Waals surface area contributed by atoms with E-state index in [9.17, 15) is 9.59 Å². The fourth-order valence-electron chi connectivity index (χ4n) is 3.50. The Morgan fingerprint density at radius 2 is 1.92 bits per heavy atom. The predicted molar refractivity (Wildman–Crippen MR) is 99.1 cm³/mol. The number of carbonyl (C=O) groups is 1. The summed E-state index contributed by atoms with van der Waals surface area (Å²) in [5, 5.41) is 7.40. The maximum absolute atomic E-state index is 12.8. The van der Waals surface area contributed by atoms with Gasteiger partial charge in [0.1, 0.15) is 12.1 Å². The number of amides is 1. The maximum Gasteiger partial charge on any atom is 0.277 e. The van der Waals surface area contributed by atoms with Crippen LogP contribution in [0.3, 0.4) is 0 Å². The van der Waals surface area contributed by atoms with E-state index in [1.165, 1.54) is 10.1 Å². The fraction of sp³-hybridized carbons (Fsp3) is 0.350. The molecule has 0 saturated carbocycles. The van der Waals surface area contributed by atoms with Crippen LogP contribution in [0, 0.1) is 6.92 Å². The lowest BCUT2D eigenvalue weighted by Crippen LogP contribution is -2.32. The zero-order valence-corrected chi connectivity index (χ0v) is 14.9. The zero-order valence-electron chi connectivity index (χ0n) is 14.9. The minimum Gasteiger partial charge on any atom is -0.350 e. The zero-order chi connectivity index (χ0) is 18.1. The normalized spacial score (nSPS) is 13.6. The molecule has 6 nitrogen and oxygen atoms in total. The number of aromatic nitrogens is 3. The fourth-order valence-corrected chi connectivity index (χ4v) is 3.50. The van der Waals surface area contributed by atoms with Crippen LogP contribution in [0.2, 0.25) is 0 Å². The molecule has 2 heterocycles. The third-order valence-electron chi connectivity index (χ3n) is 4.96. The van der Waals surface area contributed by atoms with E-state index in [0.717, 1.165) is 42.5 Å². The lowest BCUT2D eigenvalue weighted by atomic mass is 9.97. The van der Waals surface area contributed by atoms with Crippen LogP contribution in [-0.2, 0) is 30.7 Å². The highest BCUT2D eigenvalue weighted by Crippen LogP contribution is 2.22. The second kappa shape index (κ2) is 6.78. The summed E-state index contributed by atoms with van der Waals surface area (Å²) in [6.45, 7) is 2.50. The number of nitrogens with one attached hydrogen (secondary N) is 1. The molecule has 1 aliphatic rings. The number of carbonyl (C=O) groups excluding carboxylic acids is 1. The van der Waals surface area contributed by atoms with Crippen LogP contribution in [0.25, 0.3) is 5.52 Å². The second-order valence-electron chi connectivity index (χ2n) is 6.92. The van der Waals surface area contributed by atoms with E-state index in [-0.39, 0.29) is 18.0 Å². The first-order valence-electron chi connectivity index (χ1n) is 9.03. The van der Waals surface area contributed by atoms with Gasteiger partial charge in [-0.2, -0.15) is 5.10 Å². The van der Waals surface area contributed by atoms with E-state index >= 15 is 0 Å². The SMILES string of the molecule is Cc1ccc(CNC(=O)Cn2ccn3nc4c(c3c2=O)CCCC4)cc1. The van der Waals surface area contributed by atoms with Crippen molar-refractivity contribution >= 4 is 11.4 Å². The van der Waals surface area contributed by atoms with Crippen LogP contribution in [0.4, 0.5) is 0 Å². The van der Waals surface area contributed by atoms with Gasteiger partial charge in [0.15, 0.2) is 0 Å². The van der Waals surface area contributed by atoms with E-state index < -0.39 is 0 Å². The first kappa shape index (κ1) is 16.6. The molecule has 0 saturated heterocycles. The lowest BCUT2D eigenvalue weighted by Gasteiger charge is -2.10. The van der Waals surface area contributed by atoms with Crippen molar-refractivity contribution in [1.29, 1.82) is 0 Å². The highest BCUT2D eigenvalue weighted by molar-refractivity contribution is 5.75. The molecule has 26 heavy (non-hydrogen) atoms. The van der Waals surface area contributed by atoms with Crippen LogP contribution < -0.4 is 10.9 Å². The summed E-state index contributed by atoms with van der Waals surface area (Å²) in [6, 6.07) is 8.02. The van der Waals surface area contributed by atoms with Crippen LogP contribution in [0.5, 0.6) is 0 Å². The van der Waals surface area contributed by atoms with Crippen molar-refractivity contribution in [2.24, 2.45) is 0 Å². The van der Waals surface area contributed by atoms with Gasteiger partial charge in [0, 0.05) is 24.5 Å². The van der Waals surface area contributed by atoms with Crippen molar-refractivity contribution < 1.29 is 4.79 Å². The Bertz CT molecular complexity index is 1010. The Balaban J connectivity index is 1.51. The molecular formula is C20H22N4O2. The van der Waals surface area contributed by atoms with E-state index in [4.69, 9.17) is 0 Å². The summed E-state index contributed by atoms with van der Waals surface area (Å²) in [6.07, 6.45) is 7.42. The molecule has 0 fully saturated rings. The molecule has 4 rings (SSSR count). The summed E-state index contributed by atoms with van der Waals surface area (Å²) < 4.78 is 3.13. The largest absolute Gasteiger partial charge is 0.350 e. The van der Waals surface area contributed by atoms with Gasteiger partial charge in [-0.05, 0) is 38.2 Å². The Hall–Kier alpha value is -2.89. The van der Waals surface area contributed by atoms with Gasteiger partial charge in [0.05, 0.1) is 5.69 Å². The number of rotatable bonds is 4. The third kappa shape index (κ3) is 3.14. The molecule has 134 valence electrons. The first-order valence-corrected chi connectivity index (χ1v) is 9.03. The smallest absolute Gasteiger partial charge is 0.277 e. The summed E-state index contributed by atoms with van der Waals surface area (Å²) in [4.78, 5) is 25.1. The molecule has 3 aromatic rings. The van der Waals surface area contributed by atoms with E-state index in [2.05, 4.69) is 10.4 Å². The van der Waals surface area contributed by atoms with Gasteiger partial charge >= 0.3 is 0 Å². The molecular weight excluding hydrogens is 328 g/mol. The van der Waals surface area contributed by atoms with E-state index in [1.807, 2.05) is 31.2 Å². The van der Waals surface area contributed by atoms with Gasteiger partial charge in [-0.1, -0.05) is 29.8 Å². The monoisotopic (exact) mass is 350 g/mol. The number of aryl methyl sites for hydroxylation is 3. The van der Waals surface area contributed by atoms with Crippen LogP contribution in [0.1, 0.15) is 35.2 Å². The summed E-state index contributed by atoms with van der Waals surface area (Å²) in [5.41, 5.74) is 4.77. The van der Waals surface area contributed by atoms with Gasteiger partial charge in [0.25, 0.3) is 5.56 Å². The summed E-state index contributed by atoms with van der Waals surface area (Å²) >= 11 is 0. The van der Waals surface area contributed by atoms with Crippen molar-refractivity contribution in [2.75, 3.05) is 0 Å². The van der Waals surface area contributed by atoms with Crippen molar-refractivity contribution in [2.45, 2.75) is 45.7 Å². The highest BCUT2D eigenvalue weighted by atomic mass is 16.2. The van der Waals surface area contributed by atoms with Gasteiger partial charge in [0.2, 0.25) is 5.91 Å². The molecule has 0 bridgehead atoms. The average molecular weight is 350 g/mol. The van der Waals surface area contributed by atoms with Crippen LogP contribution >= 0.6 is 0 Å². The van der Waals surface area contributed by atoms with E-state index in [0.29, 0.717) is 12.1 Å². The highest BCUT2D eigenvalue weighted by Gasteiger charge is 2.19. The quantitative estimate of drug-likeness (QED) is 0.782. The number of nitrogens with zero attached hydrogens (tertiary/aromatic N) is 3. The second-order valence-corrected chi connectivity index (χ2v) is 6.92. The maximum atomic E-state index is 12.8. The molecule has 0 aliphatic heterocycles. The van der Waals surface area contributed by atoms with Crippen LogP contribution in [0.15, 0.2) is 41.5 Å². The van der Waals surface area contributed by atoms with Gasteiger partial charge < -0.3 is 9.88 Å². The Labute approximate surface area is 151 Å². The third-order valence-corrected chi connectivity index (χ3v) is 4.96. The molecule has 0 radical (unpaired) electrons. The molecule has 0 spiro atoms. The summed E-state index contributed by atoms with van der Waals surface area (Å²) in [5.74, 6) is -0.176. The molecule has 1 N–H and O–H groups in total. The topological polar surface area (TPSA) is 68.4 Å². The standard InChI is InChI=1S/C20H22N4O2/c1-14-6-8-15(9-7-14)12-21-18(25)13-23-10-11-24-19(20(23)26)16-4-2-3-5-17(16)22-24/h6-11H,2-5,12-13H2,1H3,(H,21,25). The minimum absolute atomic E-state index is 0.0150. The molecule has 1 amide bonds. The van der Waals surface area contributed by atoms with Crippen molar-refractivity contribution in [1.82, 2.24) is 19.5 Å². The average Bonchev–Trinajstić information content (AvgIpc) is 3.03. The number of benzene rings is 1. The summed E-state index contributed by atoms with van der Waals surface area (Å²) in [7, 11) is 0. The van der Waals surface area contributed by atoms with Crippen LogP contribution in [-0.4, -0.2) is 20.1 Å². The van der Waals surface area contributed by atoms with Crippen molar-refractivity contribution in [3.63, 3.8) is 0 Å². The van der Waals surface area contributed by atoms with Crippen molar-refractivity contribution in [3.8, 4) is 0 Å². The number of fused-ring (bicyclic) bond motifs is 3. The first-order chi connectivity index (χ1) is 12.6. The van der Waals surface area contributed by atoms with Gasteiger partial charge in [-0.3, -0.25) is 9.59 Å². The minimum atomic E-state index is -0.176. The molecule has 6 heteroatoms. The van der Waals surface area contributed by atoms with E-state index in [1.54, 1.807) is 16.9 Å². The Kier molecular flexibility index (Phi) is 4.32. The lowest BCUT2D eigenvalue weighted by molar-refractivity contribution is -0.121. The molecule has 0 atom stereocenters. The Morgan fingerprint density at radius 3 is 2.73 bits per heavy atom. The molecule has 1 aliphatic carbocycles.